The molecule has 92 valence electrons. The average Bonchev–Trinajstić information content (AvgIpc) is 2.02. The Hall–Kier alpha value is -0.120. The molecule has 0 bridgehead atoms. The standard InChI is InChI=1S/C12H25NO.H3N/c1-10(2)12(5-7-13)6-8-14-11(3,4)9-12;/h10H,5-9,13H2,1-4H3;1H3. The lowest BCUT2D eigenvalue weighted by atomic mass is 9.65. The summed E-state index contributed by atoms with van der Waals surface area (Å²) in [5.74, 6) is 0.703. The Bertz CT molecular complexity index is 188. The molecular formula is C12H28N2O. The second-order valence-electron chi connectivity index (χ2n) is 5.59. The van der Waals surface area contributed by atoms with Crippen LogP contribution < -0.4 is 11.9 Å². The molecule has 1 fully saturated rings. The lowest BCUT2D eigenvalue weighted by Gasteiger charge is -2.47. The quantitative estimate of drug-likeness (QED) is 0.762. The Morgan fingerprint density at radius 2 is 1.93 bits per heavy atom. The number of rotatable bonds is 3. The van der Waals surface area contributed by atoms with Crippen LogP contribution in [0.25, 0.3) is 0 Å². The van der Waals surface area contributed by atoms with E-state index < -0.39 is 0 Å². The van der Waals surface area contributed by atoms with E-state index in [0.717, 1.165) is 26.0 Å². The molecule has 0 aromatic carbocycles. The van der Waals surface area contributed by atoms with Crippen molar-refractivity contribution in [3.8, 4) is 0 Å². The van der Waals surface area contributed by atoms with Crippen LogP contribution in [0, 0.1) is 11.3 Å². The van der Waals surface area contributed by atoms with E-state index in [1.54, 1.807) is 0 Å². The van der Waals surface area contributed by atoms with Gasteiger partial charge in [0.1, 0.15) is 0 Å². The van der Waals surface area contributed by atoms with Crippen LogP contribution in [0.3, 0.4) is 0 Å². The zero-order chi connectivity index (χ0) is 10.8. The van der Waals surface area contributed by atoms with Gasteiger partial charge in [0.15, 0.2) is 0 Å². The van der Waals surface area contributed by atoms with Gasteiger partial charge < -0.3 is 16.6 Å². The Morgan fingerprint density at radius 3 is 2.33 bits per heavy atom. The maximum atomic E-state index is 5.78. The van der Waals surface area contributed by atoms with Gasteiger partial charge in [-0.1, -0.05) is 13.8 Å². The first-order valence-electron chi connectivity index (χ1n) is 5.76. The van der Waals surface area contributed by atoms with Crippen LogP contribution in [0.4, 0.5) is 0 Å². The summed E-state index contributed by atoms with van der Waals surface area (Å²) in [6.45, 7) is 10.7. The summed E-state index contributed by atoms with van der Waals surface area (Å²) in [7, 11) is 0. The highest BCUT2D eigenvalue weighted by Crippen LogP contribution is 2.46. The topological polar surface area (TPSA) is 70.2 Å². The normalized spacial score (nSPS) is 30.0. The minimum Gasteiger partial charge on any atom is -0.376 e. The lowest BCUT2D eigenvalue weighted by Crippen LogP contribution is -2.45. The highest BCUT2D eigenvalue weighted by Gasteiger charge is 2.42. The Kier molecular flexibility index (Phi) is 5.24. The first-order valence-corrected chi connectivity index (χ1v) is 5.76. The van der Waals surface area contributed by atoms with Crippen molar-refractivity contribution in [3.63, 3.8) is 0 Å². The Morgan fingerprint density at radius 1 is 1.33 bits per heavy atom. The van der Waals surface area contributed by atoms with E-state index in [-0.39, 0.29) is 11.8 Å². The van der Waals surface area contributed by atoms with E-state index >= 15 is 0 Å². The molecule has 0 spiro atoms. The van der Waals surface area contributed by atoms with Gasteiger partial charge in [-0.15, -0.1) is 0 Å². The van der Waals surface area contributed by atoms with Crippen molar-refractivity contribution in [2.75, 3.05) is 13.2 Å². The van der Waals surface area contributed by atoms with E-state index in [4.69, 9.17) is 10.5 Å². The fraction of sp³-hybridized carbons (Fsp3) is 1.00. The first kappa shape index (κ1) is 14.9. The molecule has 3 heteroatoms. The average molecular weight is 216 g/mol. The molecular weight excluding hydrogens is 188 g/mol. The molecule has 5 N–H and O–H groups in total. The third-order valence-electron chi connectivity index (χ3n) is 3.74. The van der Waals surface area contributed by atoms with Crippen molar-refractivity contribution in [1.82, 2.24) is 6.15 Å². The van der Waals surface area contributed by atoms with Crippen molar-refractivity contribution >= 4 is 0 Å². The number of hydrogen-bond acceptors (Lipinski definition) is 3. The molecule has 0 radical (unpaired) electrons. The first-order chi connectivity index (χ1) is 6.42. The minimum atomic E-state index is 0. The summed E-state index contributed by atoms with van der Waals surface area (Å²) in [5.41, 5.74) is 6.18. The summed E-state index contributed by atoms with van der Waals surface area (Å²) in [6, 6.07) is 0. The summed E-state index contributed by atoms with van der Waals surface area (Å²) >= 11 is 0. The van der Waals surface area contributed by atoms with Crippen LogP contribution in [0.15, 0.2) is 0 Å². The maximum Gasteiger partial charge on any atom is 0.0631 e. The van der Waals surface area contributed by atoms with Gasteiger partial charge in [0.05, 0.1) is 5.60 Å². The van der Waals surface area contributed by atoms with Crippen LogP contribution in [0.1, 0.15) is 47.0 Å². The molecule has 0 saturated carbocycles. The van der Waals surface area contributed by atoms with Crippen molar-refractivity contribution < 1.29 is 4.74 Å². The summed E-state index contributed by atoms with van der Waals surface area (Å²) < 4.78 is 5.78. The lowest BCUT2D eigenvalue weighted by molar-refractivity contribution is -0.120. The summed E-state index contributed by atoms with van der Waals surface area (Å²) in [5, 5.41) is 0. The zero-order valence-electron chi connectivity index (χ0n) is 10.8. The summed E-state index contributed by atoms with van der Waals surface area (Å²) in [4.78, 5) is 0. The molecule has 0 aromatic rings. The van der Waals surface area contributed by atoms with Gasteiger partial charge in [-0.25, -0.2) is 0 Å². The molecule has 1 rings (SSSR count). The van der Waals surface area contributed by atoms with Crippen LogP contribution in [-0.4, -0.2) is 18.8 Å². The van der Waals surface area contributed by atoms with Gasteiger partial charge in [0.2, 0.25) is 0 Å². The summed E-state index contributed by atoms with van der Waals surface area (Å²) in [6.07, 6.45) is 3.46. The number of nitrogens with two attached hydrogens (primary N) is 1. The molecule has 1 aliphatic rings. The van der Waals surface area contributed by atoms with E-state index in [2.05, 4.69) is 27.7 Å². The Balaban J connectivity index is 0.00000196. The molecule has 1 heterocycles. The molecule has 1 saturated heterocycles. The smallest absolute Gasteiger partial charge is 0.0631 e. The highest BCUT2D eigenvalue weighted by molar-refractivity contribution is 4.92. The van der Waals surface area contributed by atoms with Crippen LogP contribution in [-0.2, 0) is 4.74 Å². The molecule has 0 aliphatic carbocycles. The third kappa shape index (κ3) is 3.44. The highest BCUT2D eigenvalue weighted by atomic mass is 16.5. The van der Waals surface area contributed by atoms with Crippen molar-refractivity contribution in [1.29, 1.82) is 0 Å². The number of ether oxygens (including phenoxy) is 1. The molecule has 0 amide bonds. The monoisotopic (exact) mass is 216 g/mol. The van der Waals surface area contributed by atoms with Crippen LogP contribution in [0.2, 0.25) is 0 Å². The van der Waals surface area contributed by atoms with Crippen molar-refractivity contribution in [2.24, 2.45) is 17.1 Å². The van der Waals surface area contributed by atoms with Gasteiger partial charge in [-0.05, 0) is 51.0 Å². The largest absolute Gasteiger partial charge is 0.376 e. The molecule has 1 aliphatic heterocycles. The molecule has 3 nitrogen and oxygen atoms in total. The number of hydrogen-bond donors (Lipinski definition) is 2. The molecule has 1 atom stereocenters. The van der Waals surface area contributed by atoms with Gasteiger partial charge in [0, 0.05) is 6.61 Å². The van der Waals surface area contributed by atoms with Gasteiger partial charge in [-0.2, -0.15) is 0 Å². The second kappa shape index (κ2) is 5.28. The van der Waals surface area contributed by atoms with E-state index in [9.17, 15) is 0 Å². The van der Waals surface area contributed by atoms with Crippen LogP contribution in [0.5, 0.6) is 0 Å². The van der Waals surface area contributed by atoms with E-state index in [1.165, 1.54) is 6.42 Å². The predicted octanol–water partition coefficient (Wildman–Crippen LogP) is 2.73. The van der Waals surface area contributed by atoms with E-state index in [1.807, 2.05) is 0 Å². The minimum absolute atomic E-state index is 0. The van der Waals surface area contributed by atoms with Gasteiger partial charge in [0.25, 0.3) is 0 Å². The molecule has 0 aromatic heterocycles. The Labute approximate surface area is 94.3 Å². The second-order valence-corrected chi connectivity index (χ2v) is 5.59. The molecule has 15 heavy (non-hydrogen) atoms. The van der Waals surface area contributed by atoms with Crippen molar-refractivity contribution in [2.45, 2.75) is 52.6 Å². The maximum absolute atomic E-state index is 5.78. The van der Waals surface area contributed by atoms with Crippen LogP contribution >= 0.6 is 0 Å². The predicted molar refractivity (Wildman–Crippen MR) is 65.2 cm³/mol. The molecule has 1 unspecified atom stereocenters. The van der Waals surface area contributed by atoms with Gasteiger partial charge >= 0.3 is 0 Å². The fourth-order valence-electron chi connectivity index (χ4n) is 2.80. The zero-order valence-corrected chi connectivity index (χ0v) is 10.8. The SMILES string of the molecule is CC(C)C1(CCN)CCOC(C)(C)C1.N. The van der Waals surface area contributed by atoms with Gasteiger partial charge in [-0.3, -0.25) is 0 Å². The fourth-order valence-corrected chi connectivity index (χ4v) is 2.80. The van der Waals surface area contributed by atoms with E-state index in [0.29, 0.717) is 11.3 Å². The third-order valence-corrected chi connectivity index (χ3v) is 3.74. The van der Waals surface area contributed by atoms with Crippen molar-refractivity contribution in [3.05, 3.63) is 0 Å².